The largest absolute Gasteiger partial charge is 0.313 e. The number of piperidine rings is 1. The molecule has 2 fully saturated rings. The average molecular weight is 296 g/mol. The zero-order chi connectivity index (χ0) is 15.5. The van der Waals surface area contributed by atoms with Gasteiger partial charge in [0.25, 0.3) is 0 Å². The second-order valence-corrected chi connectivity index (χ2v) is 7.93. The van der Waals surface area contributed by atoms with Crippen molar-refractivity contribution >= 4 is 0 Å². The zero-order valence-electron chi connectivity index (χ0n) is 15.0. The maximum atomic E-state index is 3.77. The minimum Gasteiger partial charge on any atom is -0.313 e. The monoisotopic (exact) mass is 295 g/mol. The van der Waals surface area contributed by atoms with Crippen molar-refractivity contribution in [3.63, 3.8) is 0 Å². The Labute approximate surface area is 132 Å². The number of likely N-dealkylation sites (tertiary alicyclic amines) is 1. The van der Waals surface area contributed by atoms with E-state index in [0.29, 0.717) is 11.5 Å². The van der Waals surface area contributed by atoms with Gasteiger partial charge in [0.05, 0.1) is 0 Å². The van der Waals surface area contributed by atoms with E-state index in [1.165, 1.54) is 51.9 Å². The molecule has 0 bridgehead atoms. The van der Waals surface area contributed by atoms with Crippen LogP contribution in [0.3, 0.4) is 0 Å². The average Bonchev–Trinajstić information content (AvgIpc) is 2.75. The van der Waals surface area contributed by atoms with Crippen LogP contribution in [0.5, 0.6) is 0 Å². The van der Waals surface area contributed by atoms with Crippen molar-refractivity contribution in [2.75, 3.05) is 39.8 Å². The Balaban J connectivity index is 1.86. The van der Waals surface area contributed by atoms with Crippen LogP contribution < -0.4 is 5.32 Å². The summed E-state index contributed by atoms with van der Waals surface area (Å²) in [7, 11) is 2.36. The molecule has 3 heteroatoms. The summed E-state index contributed by atoms with van der Waals surface area (Å²) in [6.07, 6.45) is 5.47. The number of hydrogen-bond acceptors (Lipinski definition) is 3. The van der Waals surface area contributed by atoms with E-state index in [4.69, 9.17) is 0 Å². The molecule has 0 amide bonds. The van der Waals surface area contributed by atoms with Gasteiger partial charge < -0.3 is 15.1 Å². The van der Waals surface area contributed by atoms with Crippen LogP contribution in [0.1, 0.15) is 53.4 Å². The molecule has 2 rings (SSSR count). The number of nitrogens with one attached hydrogen (secondary N) is 1. The molecule has 2 aliphatic rings. The van der Waals surface area contributed by atoms with Gasteiger partial charge in [-0.15, -0.1) is 0 Å². The molecular formula is C18H37N3. The highest BCUT2D eigenvalue weighted by Gasteiger charge is 2.42. The molecule has 0 aromatic heterocycles. The first-order chi connectivity index (χ1) is 9.97. The van der Waals surface area contributed by atoms with Gasteiger partial charge in [0.2, 0.25) is 0 Å². The summed E-state index contributed by atoms with van der Waals surface area (Å²) < 4.78 is 0. The van der Waals surface area contributed by atoms with Crippen LogP contribution in [-0.4, -0.2) is 61.7 Å². The van der Waals surface area contributed by atoms with E-state index in [0.717, 1.165) is 18.5 Å². The number of hydrogen-bond donors (Lipinski definition) is 1. The van der Waals surface area contributed by atoms with Crippen LogP contribution in [0.2, 0.25) is 0 Å². The quantitative estimate of drug-likeness (QED) is 0.813. The van der Waals surface area contributed by atoms with Gasteiger partial charge >= 0.3 is 0 Å². The van der Waals surface area contributed by atoms with Gasteiger partial charge in [0.15, 0.2) is 0 Å². The van der Waals surface area contributed by atoms with Gasteiger partial charge in [-0.2, -0.15) is 0 Å². The van der Waals surface area contributed by atoms with Gasteiger partial charge in [-0.3, -0.25) is 0 Å². The minimum atomic E-state index is 0.465. The molecule has 0 aromatic carbocycles. The maximum absolute atomic E-state index is 3.77. The van der Waals surface area contributed by atoms with E-state index in [-0.39, 0.29) is 0 Å². The Hall–Kier alpha value is -0.120. The van der Waals surface area contributed by atoms with Crippen molar-refractivity contribution in [1.29, 1.82) is 0 Å². The molecule has 1 heterocycles. The SMILES string of the molecule is CCNC1C(CN(C)C2CCN(CC)CC2)CCC1(C)C. The maximum Gasteiger partial charge on any atom is 0.0159 e. The van der Waals surface area contributed by atoms with Crippen molar-refractivity contribution in [1.82, 2.24) is 15.1 Å². The van der Waals surface area contributed by atoms with E-state index in [2.05, 4.69) is 49.9 Å². The second-order valence-electron chi connectivity index (χ2n) is 7.93. The summed E-state index contributed by atoms with van der Waals surface area (Å²) in [4.78, 5) is 5.26. The van der Waals surface area contributed by atoms with Gasteiger partial charge in [0, 0.05) is 18.6 Å². The highest BCUT2D eigenvalue weighted by molar-refractivity contribution is 4.97. The molecule has 0 radical (unpaired) electrons. The standard InChI is InChI=1S/C18H37N3/c1-6-19-17-15(8-11-18(17,3)4)14-20(5)16-9-12-21(7-2)13-10-16/h15-17,19H,6-14H2,1-5H3. The fourth-order valence-electron chi connectivity index (χ4n) is 4.57. The van der Waals surface area contributed by atoms with Gasteiger partial charge in [-0.05, 0) is 70.2 Å². The third-order valence-corrected chi connectivity index (χ3v) is 6.05. The Kier molecular flexibility index (Phi) is 6.10. The van der Waals surface area contributed by atoms with Gasteiger partial charge in [0.1, 0.15) is 0 Å². The molecule has 1 saturated heterocycles. The molecule has 1 saturated carbocycles. The molecule has 3 nitrogen and oxygen atoms in total. The van der Waals surface area contributed by atoms with Crippen LogP contribution in [0.15, 0.2) is 0 Å². The molecule has 2 atom stereocenters. The first-order valence-corrected chi connectivity index (χ1v) is 9.14. The van der Waals surface area contributed by atoms with Crippen LogP contribution in [0.4, 0.5) is 0 Å². The third-order valence-electron chi connectivity index (χ3n) is 6.05. The Morgan fingerprint density at radius 3 is 2.38 bits per heavy atom. The Morgan fingerprint density at radius 2 is 1.81 bits per heavy atom. The topological polar surface area (TPSA) is 18.5 Å². The molecule has 124 valence electrons. The summed E-state index contributed by atoms with van der Waals surface area (Å²) in [5.74, 6) is 0.828. The number of rotatable bonds is 6. The predicted octanol–water partition coefficient (Wildman–Crippen LogP) is 2.82. The van der Waals surface area contributed by atoms with Crippen LogP contribution >= 0.6 is 0 Å². The van der Waals surface area contributed by atoms with Crippen molar-refractivity contribution in [3.8, 4) is 0 Å². The Bertz CT molecular complexity index is 308. The minimum absolute atomic E-state index is 0.465. The first-order valence-electron chi connectivity index (χ1n) is 9.14. The lowest BCUT2D eigenvalue weighted by Crippen LogP contribution is -2.48. The molecule has 0 aromatic rings. The molecular weight excluding hydrogens is 258 g/mol. The molecule has 1 N–H and O–H groups in total. The van der Waals surface area contributed by atoms with Gasteiger partial charge in [-0.25, -0.2) is 0 Å². The van der Waals surface area contributed by atoms with Crippen molar-refractivity contribution in [3.05, 3.63) is 0 Å². The van der Waals surface area contributed by atoms with Crippen LogP contribution in [0, 0.1) is 11.3 Å². The predicted molar refractivity (Wildman–Crippen MR) is 91.7 cm³/mol. The highest BCUT2D eigenvalue weighted by Crippen LogP contribution is 2.41. The van der Waals surface area contributed by atoms with E-state index < -0.39 is 0 Å². The van der Waals surface area contributed by atoms with Gasteiger partial charge in [-0.1, -0.05) is 27.7 Å². The fourth-order valence-corrected chi connectivity index (χ4v) is 4.57. The van der Waals surface area contributed by atoms with Crippen molar-refractivity contribution in [2.24, 2.45) is 11.3 Å². The van der Waals surface area contributed by atoms with E-state index >= 15 is 0 Å². The van der Waals surface area contributed by atoms with E-state index in [1.54, 1.807) is 0 Å². The molecule has 0 spiro atoms. The van der Waals surface area contributed by atoms with E-state index in [9.17, 15) is 0 Å². The van der Waals surface area contributed by atoms with Crippen LogP contribution in [-0.2, 0) is 0 Å². The fraction of sp³-hybridized carbons (Fsp3) is 1.00. The summed E-state index contributed by atoms with van der Waals surface area (Å²) in [5, 5.41) is 3.77. The normalized spacial score (nSPS) is 31.1. The third kappa shape index (κ3) is 4.20. The summed E-state index contributed by atoms with van der Waals surface area (Å²) in [6.45, 7) is 15.6. The molecule has 2 unspecified atom stereocenters. The molecule has 21 heavy (non-hydrogen) atoms. The number of nitrogens with zero attached hydrogens (tertiary/aromatic N) is 2. The van der Waals surface area contributed by atoms with E-state index in [1.807, 2.05) is 0 Å². The molecule has 1 aliphatic carbocycles. The molecule has 1 aliphatic heterocycles. The summed E-state index contributed by atoms with van der Waals surface area (Å²) in [6, 6.07) is 1.50. The smallest absolute Gasteiger partial charge is 0.0159 e. The Morgan fingerprint density at radius 1 is 1.14 bits per heavy atom. The summed E-state index contributed by atoms with van der Waals surface area (Å²) in [5.41, 5.74) is 0.465. The highest BCUT2D eigenvalue weighted by atomic mass is 15.2. The zero-order valence-corrected chi connectivity index (χ0v) is 15.0. The first kappa shape index (κ1) is 17.2. The van der Waals surface area contributed by atoms with Crippen molar-refractivity contribution < 1.29 is 0 Å². The van der Waals surface area contributed by atoms with Crippen LogP contribution in [0.25, 0.3) is 0 Å². The lowest BCUT2D eigenvalue weighted by Gasteiger charge is -2.39. The lowest BCUT2D eigenvalue weighted by molar-refractivity contribution is 0.109. The lowest BCUT2D eigenvalue weighted by atomic mass is 9.84. The summed E-state index contributed by atoms with van der Waals surface area (Å²) >= 11 is 0. The second kappa shape index (κ2) is 7.43. The van der Waals surface area contributed by atoms with Crippen molar-refractivity contribution in [2.45, 2.75) is 65.5 Å².